The third kappa shape index (κ3) is 4.25. The Hall–Kier alpha value is -3.69. The molecule has 9 heteroatoms. The molecule has 1 atom stereocenters. The average molecular weight is 509 g/mol. The third-order valence-electron chi connectivity index (χ3n) is 6.75. The van der Waals surface area contributed by atoms with Crippen molar-refractivity contribution in [2.75, 3.05) is 19.3 Å². The van der Waals surface area contributed by atoms with Crippen molar-refractivity contribution in [2.24, 2.45) is 0 Å². The molecule has 1 aliphatic heterocycles. The van der Waals surface area contributed by atoms with Gasteiger partial charge in [0.1, 0.15) is 11.6 Å². The van der Waals surface area contributed by atoms with Gasteiger partial charge in [-0.05, 0) is 66.9 Å². The van der Waals surface area contributed by atoms with Gasteiger partial charge in [0.05, 0.1) is 17.3 Å². The van der Waals surface area contributed by atoms with Crippen LogP contribution in [0.1, 0.15) is 34.8 Å². The molecule has 2 N–H and O–H groups in total. The standard InChI is InChI=1S/C27H25FN2O5S/c1-36(34,35)29-15-3-4-19(16-29)26-24(17-7-9-18(10-8-17)27(32)33)25-22(5-2-6-23(25)31)30(26)21-13-11-20(28)12-14-21/h2,5-14,19,31H,3-4,15-16H2,1H3,(H,32,33). The van der Waals surface area contributed by atoms with E-state index in [9.17, 15) is 27.8 Å². The lowest BCUT2D eigenvalue weighted by molar-refractivity contribution is 0.0697. The number of phenols is 1. The zero-order valence-electron chi connectivity index (χ0n) is 19.6. The zero-order chi connectivity index (χ0) is 25.6. The van der Waals surface area contributed by atoms with E-state index in [0.29, 0.717) is 47.1 Å². The van der Waals surface area contributed by atoms with E-state index in [4.69, 9.17) is 0 Å². The van der Waals surface area contributed by atoms with Crippen LogP contribution in [0.3, 0.4) is 0 Å². The predicted molar refractivity (Wildman–Crippen MR) is 136 cm³/mol. The van der Waals surface area contributed by atoms with Gasteiger partial charge in [-0.25, -0.2) is 21.9 Å². The minimum Gasteiger partial charge on any atom is -0.507 e. The van der Waals surface area contributed by atoms with Gasteiger partial charge >= 0.3 is 5.97 Å². The van der Waals surface area contributed by atoms with E-state index in [1.54, 1.807) is 36.4 Å². The maximum atomic E-state index is 13.8. The van der Waals surface area contributed by atoms with Crippen LogP contribution in [-0.4, -0.2) is 52.8 Å². The molecule has 0 spiro atoms. The highest BCUT2D eigenvalue weighted by atomic mass is 32.2. The first-order valence-electron chi connectivity index (χ1n) is 11.6. The highest BCUT2D eigenvalue weighted by Crippen LogP contribution is 2.46. The molecule has 36 heavy (non-hydrogen) atoms. The smallest absolute Gasteiger partial charge is 0.335 e. The summed E-state index contributed by atoms with van der Waals surface area (Å²) in [4.78, 5) is 11.4. The molecule has 2 heterocycles. The number of piperidine rings is 1. The molecule has 0 aliphatic carbocycles. The molecule has 5 rings (SSSR count). The van der Waals surface area contributed by atoms with Gasteiger partial charge in [0, 0.05) is 41.3 Å². The molecule has 1 fully saturated rings. The van der Waals surface area contributed by atoms with Crippen LogP contribution in [0.5, 0.6) is 5.75 Å². The summed E-state index contributed by atoms with van der Waals surface area (Å²) in [7, 11) is -3.42. The van der Waals surface area contributed by atoms with Crippen molar-refractivity contribution in [3.05, 3.63) is 83.8 Å². The fourth-order valence-corrected chi connectivity index (χ4v) is 6.05. The summed E-state index contributed by atoms with van der Waals surface area (Å²) in [6.07, 6.45) is 2.57. The van der Waals surface area contributed by atoms with Crippen LogP contribution >= 0.6 is 0 Å². The highest BCUT2D eigenvalue weighted by molar-refractivity contribution is 7.88. The Balaban J connectivity index is 1.83. The number of hydrogen-bond acceptors (Lipinski definition) is 4. The number of benzene rings is 3. The number of aromatic hydroxyl groups is 1. The lowest BCUT2D eigenvalue weighted by atomic mass is 9.89. The van der Waals surface area contributed by atoms with Crippen molar-refractivity contribution in [3.63, 3.8) is 0 Å². The second-order valence-electron chi connectivity index (χ2n) is 9.09. The number of aromatic nitrogens is 1. The first-order chi connectivity index (χ1) is 17.1. The van der Waals surface area contributed by atoms with Gasteiger partial charge < -0.3 is 14.8 Å². The van der Waals surface area contributed by atoms with Gasteiger partial charge in [0.25, 0.3) is 0 Å². The van der Waals surface area contributed by atoms with Crippen LogP contribution in [0.15, 0.2) is 66.7 Å². The summed E-state index contributed by atoms with van der Waals surface area (Å²) in [5.41, 5.74) is 3.67. The van der Waals surface area contributed by atoms with E-state index < -0.39 is 16.0 Å². The van der Waals surface area contributed by atoms with Crippen molar-refractivity contribution < 1.29 is 27.8 Å². The number of sulfonamides is 1. The molecular weight excluding hydrogens is 483 g/mol. The van der Waals surface area contributed by atoms with Gasteiger partial charge in [-0.3, -0.25) is 0 Å². The second-order valence-corrected chi connectivity index (χ2v) is 11.1. The van der Waals surface area contributed by atoms with Gasteiger partial charge in [0.15, 0.2) is 0 Å². The van der Waals surface area contributed by atoms with Gasteiger partial charge in [-0.15, -0.1) is 0 Å². The van der Waals surface area contributed by atoms with E-state index in [1.165, 1.54) is 34.8 Å². The van der Waals surface area contributed by atoms with E-state index in [1.807, 2.05) is 10.6 Å². The van der Waals surface area contributed by atoms with Crippen molar-refractivity contribution in [2.45, 2.75) is 18.8 Å². The van der Waals surface area contributed by atoms with Crippen molar-refractivity contribution in [1.29, 1.82) is 0 Å². The Kier molecular flexibility index (Phi) is 6.05. The SMILES string of the molecule is CS(=O)(=O)N1CCCC(c2c(-c3ccc(C(=O)O)cc3)c3c(O)cccc3n2-c2ccc(F)cc2)C1. The third-order valence-corrected chi connectivity index (χ3v) is 8.02. The van der Waals surface area contributed by atoms with E-state index in [2.05, 4.69) is 0 Å². The Morgan fingerprint density at radius 1 is 1.03 bits per heavy atom. The molecule has 0 bridgehead atoms. The van der Waals surface area contributed by atoms with Crippen LogP contribution in [0.2, 0.25) is 0 Å². The number of nitrogens with zero attached hydrogens (tertiary/aromatic N) is 2. The number of hydrogen-bond donors (Lipinski definition) is 2. The zero-order valence-corrected chi connectivity index (χ0v) is 20.4. The lowest BCUT2D eigenvalue weighted by Gasteiger charge is -2.32. The van der Waals surface area contributed by atoms with Crippen LogP contribution in [0, 0.1) is 5.82 Å². The van der Waals surface area contributed by atoms with E-state index >= 15 is 0 Å². The average Bonchev–Trinajstić information content (AvgIpc) is 3.20. The largest absolute Gasteiger partial charge is 0.507 e. The minimum absolute atomic E-state index is 0.0442. The first-order valence-corrected chi connectivity index (χ1v) is 13.4. The van der Waals surface area contributed by atoms with Crippen molar-refractivity contribution >= 4 is 26.9 Å². The number of aromatic carboxylic acids is 1. The lowest BCUT2D eigenvalue weighted by Crippen LogP contribution is -2.39. The molecule has 3 aromatic carbocycles. The highest BCUT2D eigenvalue weighted by Gasteiger charge is 2.33. The van der Waals surface area contributed by atoms with Gasteiger partial charge in [-0.2, -0.15) is 0 Å². The number of carbonyl (C=O) groups is 1. The Morgan fingerprint density at radius 3 is 2.36 bits per heavy atom. The second kappa shape index (κ2) is 9.07. The van der Waals surface area contributed by atoms with Crippen molar-refractivity contribution in [1.82, 2.24) is 8.87 Å². The predicted octanol–water partition coefficient (Wildman–Crippen LogP) is 4.98. The number of carboxylic acids is 1. The monoisotopic (exact) mass is 508 g/mol. The van der Waals surface area contributed by atoms with Crippen LogP contribution in [0.25, 0.3) is 27.7 Å². The van der Waals surface area contributed by atoms with Gasteiger partial charge in [0.2, 0.25) is 10.0 Å². The fraction of sp³-hybridized carbons (Fsp3) is 0.222. The Bertz CT molecular complexity index is 1560. The molecule has 0 saturated carbocycles. The Morgan fingerprint density at radius 2 is 1.72 bits per heavy atom. The topological polar surface area (TPSA) is 99.8 Å². The number of halogens is 1. The molecule has 1 aliphatic rings. The molecule has 4 aromatic rings. The summed E-state index contributed by atoms with van der Waals surface area (Å²) in [5.74, 6) is -1.61. The van der Waals surface area contributed by atoms with Gasteiger partial charge in [-0.1, -0.05) is 18.2 Å². The van der Waals surface area contributed by atoms with Crippen LogP contribution < -0.4 is 0 Å². The molecule has 1 saturated heterocycles. The number of carboxylic acid groups (broad SMARTS) is 1. The van der Waals surface area contributed by atoms with E-state index in [-0.39, 0.29) is 29.6 Å². The number of rotatable bonds is 5. The van der Waals surface area contributed by atoms with Crippen LogP contribution in [-0.2, 0) is 10.0 Å². The number of fused-ring (bicyclic) bond motifs is 1. The maximum Gasteiger partial charge on any atom is 0.335 e. The summed E-state index contributed by atoms with van der Waals surface area (Å²) >= 11 is 0. The summed E-state index contributed by atoms with van der Waals surface area (Å²) < 4.78 is 42.1. The minimum atomic E-state index is -3.42. The normalized spacial score (nSPS) is 16.9. The summed E-state index contributed by atoms with van der Waals surface area (Å²) in [5, 5.41) is 20.9. The summed E-state index contributed by atoms with van der Waals surface area (Å²) in [6, 6.07) is 17.6. The molecule has 186 valence electrons. The Labute approximate surface area is 208 Å². The fourth-order valence-electron chi connectivity index (χ4n) is 5.13. The first kappa shape index (κ1) is 24.0. The summed E-state index contributed by atoms with van der Waals surface area (Å²) in [6.45, 7) is 0.692. The molecule has 1 aromatic heterocycles. The molecular formula is C27H25FN2O5S. The molecule has 0 amide bonds. The quantitative estimate of drug-likeness (QED) is 0.396. The molecule has 0 radical (unpaired) electrons. The number of phenolic OH excluding ortho intramolecular Hbond substituents is 1. The van der Waals surface area contributed by atoms with Crippen LogP contribution in [0.4, 0.5) is 4.39 Å². The van der Waals surface area contributed by atoms with Crippen molar-refractivity contribution in [3.8, 4) is 22.6 Å². The van der Waals surface area contributed by atoms with E-state index in [0.717, 1.165) is 5.69 Å². The maximum absolute atomic E-state index is 13.8. The molecule has 1 unspecified atom stereocenters. The molecule has 7 nitrogen and oxygen atoms in total.